The third kappa shape index (κ3) is 1.81. The minimum atomic E-state index is 0.543. The van der Waals surface area contributed by atoms with Gasteiger partial charge < -0.3 is 4.74 Å². The van der Waals surface area contributed by atoms with Gasteiger partial charge in [-0.1, -0.05) is 26.8 Å². The molecule has 0 aliphatic heterocycles. The fourth-order valence-corrected chi connectivity index (χ4v) is 4.70. The Balaban J connectivity index is 1.90. The van der Waals surface area contributed by atoms with Crippen LogP contribution in [0.1, 0.15) is 50.7 Å². The third-order valence-corrected chi connectivity index (χ3v) is 6.36. The largest absolute Gasteiger partial charge is 0.497 e. The summed E-state index contributed by atoms with van der Waals surface area (Å²) in [5, 5.41) is 0. The second-order valence-electron chi connectivity index (χ2n) is 7.27. The molecule has 3 rings (SSSR count). The van der Waals surface area contributed by atoms with E-state index in [1.54, 1.807) is 12.7 Å². The summed E-state index contributed by atoms with van der Waals surface area (Å²) in [6, 6.07) is 6.63. The number of rotatable bonds is 2. The first-order chi connectivity index (χ1) is 8.95. The molecule has 1 heteroatoms. The van der Waals surface area contributed by atoms with Gasteiger partial charge in [0, 0.05) is 0 Å². The molecule has 0 amide bonds. The predicted molar refractivity (Wildman–Crippen MR) is 79.6 cm³/mol. The van der Waals surface area contributed by atoms with E-state index in [-0.39, 0.29) is 0 Å². The Morgan fingerprint density at radius 1 is 1.21 bits per heavy atom. The van der Waals surface area contributed by atoms with Crippen molar-refractivity contribution in [3.63, 3.8) is 0 Å². The normalized spacial score (nSPS) is 35.6. The van der Waals surface area contributed by atoms with Gasteiger partial charge in [-0.05, 0) is 72.1 Å². The van der Waals surface area contributed by atoms with Gasteiger partial charge in [-0.15, -0.1) is 0 Å². The Morgan fingerprint density at radius 3 is 2.47 bits per heavy atom. The van der Waals surface area contributed by atoms with Crippen molar-refractivity contribution in [2.45, 2.75) is 46.5 Å². The molecule has 2 saturated carbocycles. The second-order valence-corrected chi connectivity index (χ2v) is 7.27. The lowest BCUT2D eigenvalue weighted by Gasteiger charge is -2.40. The van der Waals surface area contributed by atoms with Crippen LogP contribution in [0.3, 0.4) is 0 Å². The first-order valence-electron chi connectivity index (χ1n) is 7.59. The summed E-state index contributed by atoms with van der Waals surface area (Å²) in [6.07, 6.45) is 2.82. The topological polar surface area (TPSA) is 9.23 Å². The van der Waals surface area contributed by atoms with E-state index in [4.69, 9.17) is 4.74 Å². The minimum Gasteiger partial charge on any atom is -0.497 e. The van der Waals surface area contributed by atoms with Crippen molar-refractivity contribution < 1.29 is 4.74 Å². The van der Waals surface area contributed by atoms with Crippen LogP contribution in [-0.4, -0.2) is 7.11 Å². The molecule has 0 N–H and O–H groups in total. The fraction of sp³-hybridized carbons (Fsp3) is 0.667. The fourth-order valence-electron chi connectivity index (χ4n) is 4.70. The number of aryl methyl sites for hydroxylation is 1. The highest BCUT2D eigenvalue weighted by molar-refractivity contribution is 5.38. The number of hydrogen-bond donors (Lipinski definition) is 0. The molecule has 2 aliphatic rings. The van der Waals surface area contributed by atoms with Crippen LogP contribution in [0, 0.1) is 30.1 Å². The van der Waals surface area contributed by atoms with E-state index in [0.717, 1.165) is 29.4 Å². The number of methoxy groups -OCH3 is 1. The molecule has 1 aromatic carbocycles. The van der Waals surface area contributed by atoms with Crippen LogP contribution in [0.5, 0.6) is 5.75 Å². The maximum Gasteiger partial charge on any atom is 0.119 e. The zero-order valence-electron chi connectivity index (χ0n) is 12.9. The van der Waals surface area contributed by atoms with Crippen LogP contribution >= 0.6 is 0 Å². The monoisotopic (exact) mass is 258 g/mol. The molecule has 1 aromatic rings. The smallest absolute Gasteiger partial charge is 0.119 e. The van der Waals surface area contributed by atoms with Crippen LogP contribution in [0.2, 0.25) is 0 Å². The number of benzene rings is 1. The average molecular weight is 258 g/mol. The van der Waals surface area contributed by atoms with Crippen molar-refractivity contribution in [1.29, 1.82) is 0 Å². The molecule has 0 radical (unpaired) electrons. The van der Waals surface area contributed by atoms with E-state index in [0.29, 0.717) is 5.41 Å². The second kappa shape index (κ2) is 4.26. The molecular formula is C18H26O. The first kappa shape index (κ1) is 13.0. The standard InChI is InChI=1S/C18H26O/c1-11-8-14(19-5)6-7-15(11)17-10-13-9-16(17)12(2)18(13,3)4/h6-8,12-13,16-17H,9-10H2,1-5H3/t12-,13+,16+,17+/m1/s1. The lowest BCUT2D eigenvalue weighted by atomic mass is 9.64. The van der Waals surface area contributed by atoms with Crippen molar-refractivity contribution in [2.24, 2.45) is 23.2 Å². The Kier molecular flexibility index (Phi) is 2.92. The summed E-state index contributed by atoms with van der Waals surface area (Å²) in [7, 11) is 1.75. The Labute approximate surface area is 117 Å². The van der Waals surface area contributed by atoms with Crippen LogP contribution in [0.4, 0.5) is 0 Å². The number of ether oxygens (including phenoxy) is 1. The molecule has 0 aromatic heterocycles. The van der Waals surface area contributed by atoms with Gasteiger partial charge in [0.25, 0.3) is 0 Å². The van der Waals surface area contributed by atoms with Gasteiger partial charge in [-0.3, -0.25) is 0 Å². The Hall–Kier alpha value is -0.980. The Bertz CT molecular complexity index is 484. The van der Waals surface area contributed by atoms with Crippen molar-refractivity contribution in [1.82, 2.24) is 0 Å². The average Bonchev–Trinajstić information content (AvgIpc) is 2.89. The SMILES string of the molecule is COc1ccc([C@@H]2C[C@@H]3C[C@H]2[C@@H](C)C3(C)C)c(C)c1. The molecule has 4 atom stereocenters. The summed E-state index contributed by atoms with van der Waals surface area (Å²) < 4.78 is 5.33. The molecule has 1 nitrogen and oxygen atoms in total. The zero-order valence-corrected chi connectivity index (χ0v) is 12.9. The minimum absolute atomic E-state index is 0.543. The summed E-state index contributed by atoms with van der Waals surface area (Å²) in [4.78, 5) is 0. The summed E-state index contributed by atoms with van der Waals surface area (Å²) in [5.74, 6) is 4.40. The lowest BCUT2D eigenvalue weighted by molar-refractivity contribution is 0.122. The molecule has 2 bridgehead atoms. The summed E-state index contributed by atoms with van der Waals surface area (Å²) in [5.41, 5.74) is 3.51. The van der Waals surface area contributed by atoms with Crippen LogP contribution < -0.4 is 4.74 Å². The quantitative estimate of drug-likeness (QED) is 0.741. The molecule has 19 heavy (non-hydrogen) atoms. The summed E-state index contributed by atoms with van der Waals surface area (Å²) >= 11 is 0. The molecule has 0 unspecified atom stereocenters. The molecule has 2 fully saturated rings. The molecule has 104 valence electrons. The van der Waals surface area contributed by atoms with E-state index in [1.165, 1.54) is 18.4 Å². The third-order valence-electron chi connectivity index (χ3n) is 6.36. The predicted octanol–water partition coefficient (Wildman–Crippen LogP) is 4.79. The van der Waals surface area contributed by atoms with Gasteiger partial charge in [0.05, 0.1) is 7.11 Å². The van der Waals surface area contributed by atoms with Crippen LogP contribution in [0.25, 0.3) is 0 Å². The van der Waals surface area contributed by atoms with Crippen LogP contribution in [0.15, 0.2) is 18.2 Å². The van der Waals surface area contributed by atoms with Crippen molar-refractivity contribution in [3.05, 3.63) is 29.3 Å². The van der Waals surface area contributed by atoms with Gasteiger partial charge in [0.2, 0.25) is 0 Å². The Morgan fingerprint density at radius 2 is 1.95 bits per heavy atom. The van der Waals surface area contributed by atoms with Crippen molar-refractivity contribution in [3.8, 4) is 5.75 Å². The first-order valence-corrected chi connectivity index (χ1v) is 7.59. The highest BCUT2D eigenvalue weighted by Crippen LogP contribution is 2.64. The molecule has 2 aliphatic carbocycles. The highest BCUT2D eigenvalue weighted by Gasteiger charge is 2.55. The number of hydrogen-bond acceptors (Lipinski definition) is 1. The molecule has 0 spiro atoms. The van der Waals surface area contributed by atoms with Crippen molar-refractivity contribution in [2.75, 3.05) is 7.11 Å². The maximum absolute atomic E-state index is 5.33. The van der Waals surface area contributed by atoms with E-state index >= 15 is 0 Å². The van der Waals surface area contributed by atoms with E-state index < -0.39 is 0 Å². The van der Waals surface area contributed by atoms with E-state index in [1.807, 2.05) is 0 Å². The molecule has 0 heterocycles. The molecule has 0 saturated heterocycles. The van der Waals surface area contributed by atoms with Gasteiger partial charge in [0.1, 0.15) is 5.75 Å². The van der Waals surface area contributed by atoms with Crippen molar-refractivity contribution >= 4 is 0 Å². The maximum atomic E-state index is 5.33. The highest BCUT2D eigenvalue weighted by atomic mass is 16.5. The lowest BCUT2D eigenvalue weighted by Crippen LogP contribution is -2.32. The van der Waals surface area contributed by atoms with Gasteiger partial charge in [-0.2, -0.15) is 0 Å². The van der Waals surface area contributed by atoms with Gasteiger partial charge in [0.15, 0.2) is 0 Å². The number of fused-ring (bicyclic) bond motifs is 2. The summed E-state index contributed by atoms with van der Waals surface area (Å²) in [6.45, 7) is 9.65. The van der Waals surface area contributed by atoms with Gasteiger partial charge >= 0.3 is 0 Å². The van der Waals surface area contributed by atoms with Crippen LogP contribution in [-0.2, 0) is 0 Å². The van der Waals surface area contributed by atoms with Gasteiger partial charge in [-0.25, -0.2) is 0 Å². The molecular weight excluding hydrogens is 232 g/mol. The van der Waals surface area contributed by atoms with E-state index in [2.05, 4.69) is 45.9 Å². The van der Waals surface area contributed by atoms with E-state index in [9.17, 15) is 0 Å². The zero-order chi connectivity index (χ0) is 13.8.